The topological polar surface area (TPSA) is 104 Å². The monoisotopic (exact) mass is 530 g/mol. The maximum absolute atomic E-state index is 13.7. The Labute approximate surface area is 217 Å². The van der Waals surface area contributed by atoms with Gasteiger partial charge in [-0.25, -0.2) is 0 Å². The van der Waals surface area contributed by atoms with E-state index in [9.17, 15) is 18.4 Å². The van der Waals surface area contributed by atoms with E-state index in [0.29, 0.717) is 43.1 Å². The van der Waals surface area contributed by atoms with Crippen LogP contribution in [-0.2, 0) is 19.7 Å². The Hall–Kier alpha value is -3.44. The van der Waals surface area contributed by atoms with Crippen molar-refractivity contribution in [1.82, 2.24) is 10.6 Å². The standard InChI is InChI=1S/C27H28F2N2O7/c1-34-16-4-5-17-18(13-22(36-20(17)12-16)24(32)23-14-30-9-2-10-35-23)31-25(33)26(7-8-26)15-3-6-19-21(11-15)38-27(28,29)37-19/h3-6,11-12,18,22-23,30H,2,7-10,13-14H2,1H3,(H,31,33)/t18-,22-,23?/m1/s1. The summed E-state index contributed by atoms with van der Waals surface area (Å²) in [6, 6.07) is 9.21. The molecule has 11 heteroatoms. The number of rotatable bonds is 6. The molecule has 2 N–H and O–H groups in total. The molecule has 9 nitrogen and oxygen atoms in total. The number of fused-ring (bicyclic) bond motifs is 2. The number of amides is 1. The summed E-state index contributed by atoms with van der Waals surface area (Å²) < 4.78 is 53.3. The molecule has 1 aliphatic carbocycles. The molecule has 6 rings (SSSR count). The van der Waals surface area contributed by atoms with Crippen molar-refractivity contribution in [1.29, 1.82) is 0 Å². The van der Waals surface area contributed by atoms with Crippen LogP contribution in [0.3, 0.4) is 0 Å². The number of nitrogens with one attached hydrogen (secondary N) is 2. The highest BCUT2D eigenvalue weighted by Crippen LogP contribution is 2.52. The predicted molar refractivity (Wildman–Crippen MR) is 129 cm³/mol. The zero-order valence-corrected chi connectivity index (χ0v) is 20.8. The van der Waals surface area contributed by atoms with Crippen molar-refractivity contribution in [3.05, 3.63) is 47.5 Å². The maximum Gasteiger partial charge on any atom is 0.586 e. The molecule has 2 aromatic rings. The van der Waals surface area contributed by atoms with Crippen LogP contribution in [0.25, 0.3) is 0 Å². The van der Waals surface area contributed by atoms with E-state index in [1.54, 1.807) is 18.2 Å². The smallest absolute Gasteiger partial charge is 0.497 e. The quantitative estimate of drug-likeness (QED) is 0.588. The van der Waals surface area contributed by atoms with Crippen molar-refractivity contribution in [2.24, 2.45) is 0 Å². The van der Waals surface area contributed by atoms with Crippen molar-refractivity contribution >= 4 is 11.7 Å². The average Bonchev–Trinajstić information content (AvgIpc) is 3.69. The van der Waals surface area contributed by atoms with E-state index < -0.39 is 30.0 Å². The van der Waals surface area contributed by atoms with Crippen LogP contribution in [0.1, 0.15) is 42.9 Å². The third-order valence-electron chi connectivity index (χ3n) is 7.54. The molecule has 4 aliphatic rings. The first-order chi connectivity index (χ1) is 18.3. The second-order valence-corrected chi connectivity index (χ2v) is 10.0. The molecule has 0 bridgehead atoms. The number of hydrogen-bond acceptors (Lipinski definition) is 8. The van der Waals surface area contributed by atoms with Crippen LogP contribution >= 0.6 is 0 Å². The van der Waals surface area contributed by atoms with Gasteiger partial charge < -0.3 is 34.3 Å². The Morgan fingerprint density at radius 3 is 2.66 bits per heavy atom. The van der Waals surface area contributed by atoms with Crippen LogP contribution in [0.4, 0.5) is 8.78 Å². The third-order valence-corrected chi connectivity index (χ3v) is 7.54. The van der Waals surface area contributed by atoms with Crippen LogP contribution in [-0.4, -0.2) is 57.0 Å². The van der Waals surface area contributed by atoms with Crippen molar-refractivity contribution < 1.29 is 42.1 Å². The number of hydrogen-bond donors (Lipinski definition) is 2. The van der Waals surface area contributed by atoms with Gasteiger partial charge in [0.2, 0.25) is 11.7 Å². The molecule has 1 unspecified atom stereocenters. The molecule has 2 aromatic carbocycles. The molecule has 202 valence electrons. The third kappa shape index (κ3) is 4.54. The molecule has 1 saturated carbocycles. The summed E-state index contributed by atoms with van der Waals surface area (Å²) in [7, 11) is 1.54. The van der Waals surface area contributed by atoms with Gasteiger partial charge in [0.1, 0.15) is 17.6 Å². The Balaban J connectivity index is 1.25. The zero-order valence-electron chi connectivity index (χ0n) is 20.8. The van der Waals surface area contributed by atoms with E-state index >= 15 is 0 Å². The van der Waals surface area contributed by atoms with E-state index in [1.807, 2.05) is 6.07 Å². The SMILES string of the molecule is COc1ccc2c(c1)O[C@@H](C(=O)C1CNCCCO1)C[C@H]2NC(=O)C1(c2ccc3c(c2)OC(F)(F)O3)CC1. The largest absolute Gasteiger partial charge is 0.586 e. The number of Topliss-reactive ketones (excluding diaryl/α,β-unsaturated/α-hetero) is 1. The van der Waals surface area contributed by atoms with Crippen molar-refractivity contribution in [3.63, 3.8) is 0 Å². The van der Waals surface area contributed by atoms with Gasteiger partial charge in [0.25, 0.3) is 0 Å². The predicted octanol–water partition coefficient (Wildman–Crippen LogP) is 3.00. The minimum atomic E-state index is -3.73. The molecule has 38 heavy (non-hydrogen) atoms. The number of alkyl halides is 2. The highest BCUT2D eigenvalue weighted by atomic mass is 19.3. The summed E-state index contributed by atoms with van der Waals surface area (Å²) in [6.07, 6.45) is -3.05. The van der Waals surface area contributed by atoms with Gasteiger partial charge in [0.05, 0.1) is 18.6 Å². The van der Waals surface area contributed by atoms with E-state index in [0.717, 1.165) is 18.5 Å². The van der Waals surface area contributed by atoms with Crippen LogP contribution in [0.5, 0.6) is 23.0 Å². The van der Waals surface area contributed by atoms with E-state index in [-0.39, 0.29) is 29.6 Å². The van der Waals surface area contributed by atoms with Gasteiger partial charge in [-0.05, 0) is 55.6 Å². The molecule has 0 radical (unpaired) electrons. The lowest BCUT2D eigenvalue weighted by molar-refractivity contribution is -0.286. The second kappa shape index (κ2) is 9.39. The molecule has 3 aliphatic heterocycles. The summed E-state index contributed by atoms with van der Waals surface area (Å²) in [4.78, 5) is 27.0. The Morgan fingerprint density at radius 1 is 1.05 bits per heavy atom. The van der Waals surface area contributed by atoms with Gasteiger partial charge in [0.15, 0.2) is 17.6 Å². The average molecular weight is 531 g/mol. The van der Waals surface area contributed by atoms with Crippen molar-refractivity contribution in [3.8, 4) is 23.0 Å². The second-order valence-electron chi connectivity index (χ2n) is 10.0. The van der Waals surface area contributed by atoms with Crippen molar-refractivity contribution in [2.75, 3.05) is 26.8 Å². The fourth-order valence-electron chi connectivity index (χ4n) is 5.30. The van der Waals surface area contributed by atoms with Gasteiger partial charge in [-0.2, -0.15) is 0 Å². The molecular formula is C27H28F2N2O7. The van der Waals surface area contributed by atoms with E-state index in [1.165, 1.54) is 19.2 Å². The lowest BCUT2D eigenvalue weighted by Gasteiger charge is -2.34. The minimum absolute atomic E-state index is 0.0705. The van der Waals surface area contributed by atoms with E-state index in [2.05, 4.69) is 20.1 Å². The molecular weight excluding hydrogens is 502 g/mol. The first kappa shape index (κ1) is 24.9. The number of methoxy groups -OCH3 is 1. The minimum Gasteiger partial charge on any atom is -0.497 e. The lowest BCUT2D eigenvalue weighted by Crippen LogP contribution is -2.47. The van der Waals surface area contributed by atoms with Gasteiger partial charge >= 0.3 is 6.29 Å². The van der Waals surface area contributed by atoms with Crippen LogP contribution in [0.15, 0.2) is 36.4 Å². The normalized spacial score (nSPS) is 26.3. The van der Waals surface area contributed by atoms with Crippen LogP contribution < -0.4 is 29.6 Å². The maximum atomic E-state index is 13.7. The van der Waals surface area contributed by atoms with Gasteiger partial charge in [-0.15, -0.1) is 8.78 Å². The van der Waals surface area contributed by atoms with Crippen molar-refractivity contribution in [2.45, 2.75) is 55.6 Å². The molecule has 0 aromatic heterocycles. The summed E-state index contributed by atoms with van der Waals surface area (Å²) in [6.45, 7) is 1.64. The van der Waals surface area contributed by atoms with Gasteiger partial charge in [-0.1, -0.05) is 6.07 Å². The van der Waals surface area contributed by atoms with Gasteiger partial charge in [0, 0.05) is 31.2 Å². The first-order valence-electron chi connectivity index (χ1n) is 12.7. The highest BCUT2D eigenvalue weighted by molar-refractivity contribution is 5.92. The summed E-state index contributed by atoms with van der Waals surface area (Å²) in [5.41, 5.74) is 0.418. The number of benzene rings is 2. The molecule has 3 heterocycles. The van der Waals surface area contributed by atoms with E-state index in [4.69, 9.17) is 14.2 Å². The Morgan fingerprint density at radius 2 is 1.87 bits per heavy atom. The summed E-state index contributed by atoms with van der Waals surface area (Å²) in [5, 5.41) is 6.32. The number of ketones is 1. The van der Waals surface area contributed by atoms with Crippen LogP contribution in [0, 0.1) is 0 Å². The number of halogens is 2. The fourth-order valence-corrected chi connectivity index (χ4v) is 5.30. The van der Waals surface area contributed by atoms with Crippen LogP contribution in [0.2, 0.25) is 0 Å². The summed E-state index contributed by atoms with van der Waals surface area (Å²) in [5.74, 6) is 0.401. The zero-order chi connectivity index (χ0) is 26.5. The molecule has 1 amide bonds. The first-order valence-corrected chi connectivity index (χ1v) is 12.7. The molecule has 3 atom stereocenters. The number of ether oxygens (including phenoxy) is 5. The van der Waals surface area contributed by atoms with Gasteiger partial charge in [-0.3, -0.25) is 9.59 Å². The molecule has 0 spiro atoms. The number of carbonyl (C=O) groups is 2. The summed E-state index contributed by atoms with van der Waals surface area (Å²) >= 11 is 0. The molecule has 2 fully saturated rings. The Bertz CT molecular complexity index is 1260. The molecule has 1 saturated heterocycles. The highest BCUT2D eigenvalue weighted by Gasteiger charge is 2.53. The fraction of sp³-hybridized carbons (Fsp3) is 0.481. The lowest BCUT2D eigenvalue weighted by atomic mass is 9.90. The Kier molecular flexibility index (Phi) is 6.14. The number of carbonyl (C=O) groups excluding carboxylic acids is 2.